The highest BCUT2D eigenvalue weighted by Gasteiger charge is 2.72. The molecule has 2 saturated heterocycles. The molecule has 6 rings (SSSR count). The van der Waals surface area contributed by atoms with Crippen molar-refractivity contribution in [2.75, 3.05) is 34.3 Å². The molecule has 416 valence electrons. The summed E-state index contributed by atoms with van der Waals surface area (Å²) in [5.74, 6) is -6.21. The van der Waals surface area contributed by atoms with Crippen LogP contribution in [-0.4, -0.2) is 183 Å². The molecule has 3 saturated carbocycles. The number of alkyl halides is 1. The van der Waals surface area contributed by atoms with Crippen molar-refractivity contribution < 1.29 is 77.9 Å². The Labute approximate surface area is 432 Å². The van der Waals surface area contributed by atoms with Crippen LogP contribution in [0.15, 0.2) is 23.8 Å². The van der Waals surface area contributed by atoms with Gasteiger partial charge in [-0.25, -0.2) is 9.18 Å². The number of rotatable bonds is 11. The van der Waals surface area contributed by atoms with E-state index < -0.39 is 130 Å². The summed E-state index contributed by atoms with van der Waals surface area (Å²) in [7, 11) is 5.48. The number of halogens is 1. The summed E-state index contributed by atoms with van der Waals surface area (Å²) in [6.07, 6.45) is -3.31. The van der Waals surface area contributed by atoms with Crippen LogP contribution in [0.25, 0.3) is 0 Å². The molecular formula is C55H89FN2O15. The van der Waals surface area contributed by atoms with E-state index in [9.17, 15) is 49.8 Å². The molecule has 18 heteroatoms. The van der Waals surface area contributed by atoms with E-state index in [2.05, 4.69) is 0 Å². The Balaban J connectivity index is 1.12. The second-order valence-electron chi connectivity index (χ2n) is 24.2. The van der Waals surface area contributed by atoms with Crippen molar-refractivity contribution in [1.82, 2.24) is 9.80 Å². The molecule has 2 aliphatic heterocycles. The Morgan fingerprint density at radius 2 is 1.64 bits per heavy atom. The molecule has 17 nitrogen and oxygen atoms in total. The van der Waals surface area contributed by atoms with Crippen LogP contribution in [0, 0.1) is 46.3 Å². The fourth-order valence-corrected chi connectivity index (χ4v) is 14.3. The second kappa shape index (κ2) is 22.6. The number of hydrogen-bond acceptors (Lipinski definition) is 17. The van der Waals surface area contributed by atoms with Crippen LogP contribution in [0.4, 0.5) is 4.39 Å². The number of likely N-dealkylation sites (N-methyl/N-ethyl adjacent to an activating group) is 2. The number of unbranched alkanes of at least 4 members (excludes halogenated alkanes) is 1. The van der Waals surface area contributed by atoms with E-state index in [4.69, 9.17) is 23.7 Å². The number of nitrogens with zero attached hydrogens (tertiary/aromatic N) is 2. The highest BCUT2D eigenvalue weighted by molar-refractivity contribution is 6.01. The fraction of sp³-hybridized carbons (Fsp3) is 0.855. The van der Waals surface area contributed by atoms with Gasteiger partial charge in [0.05, 0.1) is 48.6 Å². The van der Waals surface area contributed by atoms with E-state index >= 15 is 4.39 Å². The minimum atomic E-state index is -1.97. The number of esters is 3. The van der Waals surface area contributed by atoms with Crippen LogP contribution in [-0.2, 0) is 42.9 Å². The Kier molecular flexibility index (Phi) is 18.4. The van der Waals surface area contributed by atoms with Gasteiger partial charge in [-0.1, -0.05) is 40.7 Å². The number of carbonyl (C=O) groups is 4. The number of aliphatic hydroxyl groups excluding tert-OH is 3. The first kappa shape index (κ1) is 59.3. The molecule has 73 heavy (non-hydrogen) atoms. The van der Waals surface area contributed by atoms with Gasteiger partial charge in [-0.3, -0.25) is 14.4 Å². The third kappa shape index (κ3) is 11.3. The van der Waals surface area contributed by atoms with Crippen molar-refractivity contribution in [3.63, 3.8) is 0 Å². The number of ether oxygens (including phenoxy) is 5. The number of cyclic esters (lactones) is 1. The minimum absolute atomic E-state index is 0.0733. The molecule has 6 aliphatic rings. The Hall–Kier alpha value is -2.91. The molecule has 5 unspecified atom stereocenters. The van der Waals surface area contributed by atoms with E-state index in [1.54, 1.807) is 54.7 Å². The van der Waals surface area contributed by atoms with Gasteiger partial charge in [0.15, 0.2) is 23.8 Å². The third-order valence-corrected chi connectivity index (χ3v) is 18.9. The average Bonchev–Trinajstić information content (AvgIpc) is 3.52. The molecular weight excluding hydrogens is 948 g/mol. The van der Waals surface area contributed by atoms with E-state index in [1.165, 1.54) is 26.0 Å². The van der Waals surface area contributed by atoms with Crippen LogP contribution in [0.2, 0.25) is 0 Å². The Morgan fingerprint density at radius 3 is 2.29 bits per heavy atom. The van der Waals surface area contributed by atoms with Gasteiger partial charge < -0.3 is 64.1 Å². The highest BCUT2D eigenvalue weighted by Crippen LogP contribution is 2.68. The molecule has 0 aromatic rings. The topological polar surface area (TPSA) is 242 Å². The van der Waals surface area contributed by atoms with Crippen molar-refractivity contribution in [2.45, 2.75) is 218 Å². The largest absolute Gasteiger partial charge is 0.464 e. The van der Waals surface area contributed by atoms with Gasteiger partial charge in [-0.2, -0.15) is 0 Å². The monoisotopic (exact) mass is 1040 g/mol. The molecule has 2 heterocycles. The molecule has 0 amide bonds. The van der Waals surface area contributed by atoms with Crippen molar-refractivity contribution in [3.05, 3.63) is 23.8 Å². The van der Waals surface area contributed by atoms with E-state index in [0.29, 0.717) is 31.4 Å². The van der Waals surface area contributed by atoms with Crippen molar-refractivity contribution in [3.8, 4) is 0 Å². The zero-order valence-corrected chi connectivity index (χ0v) is 45.7. The number of allylic oxidation sites excluding steroid dienone is 4. The smallest absolute Gasteiger partial charge is 0.338 e. The maximum absolute atomic E-state index is 15.9. The SMILES string of the molecule is CC[C@H]1OC(=O)[C@H](C)[C@@H](O)[C@H](C)[C@@H](OC2OC(C)C[C@@H](N(C)C)[C@H]2OC(=O)CCCCOC(=O)[C@@]2(O)[C@H](C)CC3C4C[C@H](F)C5=CC(=O)C=C[C@]5(C)C4[C@@H](O)C[C@@]32C)[C@](C)(O)CCCN(C)[C@H](C)[C@@H](O)[C@]1(C)O. The van der Waals surface area contributed by atoms with E-state index in [-0.39, 0.29) is 75.3 Å². The first-order chi connectivity index (χ1) is 33.9. The number of aliphatic hydroxyl groups is 6. The zero-order chi connectivity index (χ0) is 54.5. The summed E-state index contributed by atoms with van der Waals surface area (Å²) in [5, 5.41) is 71.2. The number of hydrogen-bond donors (Lipinski definition) is 6. The van der Waals surface area contributed by atoms with Gasteiger partial charge in [0, 0.05) is 35.1 Å². The molecule has 5 fully saturated rings. The summed E-state index contributed by atoms with van der Waals surface area (Å²) in [6.45, 7) is 17.2. The minimum Gasteiger partial charge on any atom is -0.464 e. The summed E-state index contributed by atoms with van der Waals surface area (Å²) >= 11 is 0. The van der Waals surface area contributed by atoms with Crippen LogP contribution in [0.3, 0.4) is 0 Å². The zero-order valence-electron chi connectivity index (χ0n) is 45.7. The van der Waals surface area contributed by atoms with E-state index in [0.717, 1.165) is 0 Å². The summed E-state index contributed by atoms with van der Waals surface area (Å²) in [5.41, 5.74) is -7.07. The van der Waals surface area contributed by atoms with Crippen LogP contribution >= 0.6 is 0 Å². The van der Waals surface area contributed by atoms with Gasteiger partial charge >= 0.3 is 17.9 Å². The molecule has 0 radical (unpaired) electrons. The second-order valence-corrected chi connectivity index (χ2v) is 24.2. The molecule has 0 aromatic heterocycles. The summed E-state index contributed by atoms with van der Waals surface area (Å²) in [6, 6.07) is -0.974. The van der Waals surface area contributed by atoms with E-state index in [1.807, 2.05) is 37.7 Å². The number of carbonyl (C=O) groups excluding carboxylic acids is 4. The Morgan fingerprint density at radius 1 is 0.973 bits per heavy atom. The van der Waals surface area contributed by atoms with Crippen molar-refractivity contribution in [1.29, 1.82) is 0 Å². The third-order valence-electron chi connectivity index (χ3n) is 18.9. The maximum Gasteiger partial charge on any atom is 0.338 e. The molecule has 4 aliphatic carbocycles. The molecule has 0 spiro atoms. The first-order valence-electron chi connectivity index (χ1n) is 26.9. The van der Waals surface area contributed by atoms with Crippen molar-refractivity contribution >= 4 is 23.7 Å². The molecule has 22 atom stereocenters. The van der Waals surface area contributed by atoms with Gasteiger partial charge in [0.1, 0.15) is 24.0 Å². The fourth-order valence-electron chi connectivity index (χ4n) is 14.3. The normalized spacial score (nSPS) is 47.0. The maximum atomic E-state index is 15.9. The lowest BCUT2D eigenvalue weighted by Crippen LogP contribution is -2.63. The molecule has 0 aromatic carbocycles. The lowest BCUT2D eigenvalue weighted by Gasteiger charge is -2.59. The highest BCUT2D eigenvalue weighted by atomic mass is 19.1. The Bertz CT molecular complexity index is 2050. The average molecular weight is 1040 g/mol. The van der Waals surface area contributed by atoms with Crippen molar-refractivity contribution in [2.24, 2.45) is 46.3 Å². The van der Waals surface area contributed by atoms with Crippen LogP contribution in [0.5, 0.6) is 0 Å². The van der Waals surface area contributed by atoms with Gasteiger partial charge in [-0.15, -0.1) is 0 Å². The van der Waals surface area contributed by atoms with Gasteiger partial charge in [0.25, 0.3) is 0 Å². The first-order valence-corrected chi connectivity index (χ1v) is 26.9. The summed E-state index contributed by atoms with van der Waals surface area (Å²) in [4.78, 5) is 57.6. The van der Waals surface area contributed by atoms with Crippen LogP contribution in [0.1, 0.15) is 133 Å². The van der Waals surface area contributed by atoms with Gasteiger partial charge in [-0.05, 0) is 156 Å². The molecule has 0 bridgehead atoms. The molecule has 6 N–H and O–H groups in total. The lowest BCUT2D eigenvalue weighted by molar-refractivity contribution is -0.301. The van der Waals surface area contributed by atoms with Crippen LogP contribution < -0.4 is 0 Å². The standard InChI is InChI=1S/C55H89FN2O15/c1-14-41-54(10,67)46(63)33(6)58(13)22-17-20-53(9,66)47(31(4)44(62)32(5)48(64)71-41)73-49-45(39(57(11)12)25-30(3)70-49)72-42(61)18-15-16-23-69-50(65)55(68)29(2)24-36-35-27-38(56)37-26-34(59)19-21-51(37,7)43(35)40(60)28-52(36,55)8/h19,21,26,29-33,35-36,38-41,43-47,49,60,62-63,66-68H,14-18,20,22-25,27-28H2,1-13H3/t29-,30?,31+,32-,33-,35?,36?,38+,39-,40+,41-,43?,44+,45-,46-,47-,49?,51+,52+,53-,54-,55+/m1/s1. The number of ketones is 1. The lowest BCUT2D eigenvalue weighted by atomic mass is 9.46. The van der Waals surface area contributed by atoms with Gasteiger partial charge in [0.2, 0.25) is 0 Å². The quantitative estimate of drug-likeness (QED) is 0.0966. The number of fused-ring (bicyclic) bond motifs is 5. The predicted octanol–water partition coefficient (Wildman–Crippen LogP) is 4.20. The summed E-state index contributed by atoms with van der Waals surface area (Å²) < 4.78 is 46.8. The predicted molar refractivity (Wildman–Crippen MR) is 267 cm³/mol.